The molecular weight excluding hydrogens is 252 g/mol. The minimum atomic E-state index is -0.886. The van der Waals surface area contributed by atoms with Crippen molar-refractivity contribution in [1.82, 2.24) is 20.8 Å². The zero-order valence-electron chi connectivity index (χ0n) is 10.4. The zero-order valence-corrected chi connectivity index (χ0v) is 10.4. The first-order chi connectivity index (χ1) is 9.16. The maximum Gasteiger partial charge on any atom is 0.303 e. The van der Waals surface area contributed by atoms with Crippen LogP contribution < -0.4 is 10.6 Å². The first-order valence-electron chi connectivity index (χ1n) is 6.24. The number of nitrogens with zero attached hydrogens (tertiary/aromatic N) is 2. The van der Waals surface area contributed by atoms with Crippen LogP contribution in [0.15, 0.2) is 4.52 Å². The summed E-state index contributed by atoms with van der Waals surface area (Å²) in [5, 5.41) is 17.8. The van der Waals surface area contributed by atoms with E-state index in [9.17, 15) is 9.59 Å². The van der Waals surface area contributed by atoms with Gasteiger partial charge in [-0.3, -0.25) is 9.59 Å². The minimum Gasteiger partial charge on any atom is -0.481 e. The van der Waals surface area contributed by atoms with Crippen LogP contribution in [-0.4, -0.2) is 40.2 Å². The van der Waals surface area contributed by atoms with E-state index in [0.717, 1.165) is 19.4 Å². The molecule has 104 valence electrons. The molecule has 0 aliphatic carbocycles. The number of rotatable bonds is 6. The van der Waals surface area contributed by atoms with E-state index in [1.807, 2.05) is 0 Å². The number of carboxylic acids is 1. The second kappa shape index (κ2) is 6.28. The molecule has 19 heavy (non-hydrogen) atoms. The third-order valence-electron chi connectivity index (χ3n) is 2.86. The Hall–Kier alpha value is -1.96. The summed E-state index contributed by atoms with van der Waals surface area (Å²) in [5.41, 5.74) is 0. The van der Waals surface area contributed by atoms with Crippen LogP contribution in [0.4, 0.5) is 0 Å². The van der Waals surface area contributed by atoms with Gasteiger partial charge in [0.1, 0.15) is 0 Å². The Labute approximate surface area is 109 Å². The minimum absolute atomic E-state index is 0.0148. The van der Waals surface area contributed by atoms with E-state index in [1.165, 1.54) is 0 Å². The van der Waals surface area contributed by atoms with Crippen LogP contribution in [0, 0.1) is 0 Å². The number of carbonyl (C=O) groups excluding carboxylic acids is 1. The van der Waals surface area contributed by atoms with Gasteiger partial charge in [0.15, 0.2) is 0 Å². The standard InChI is InChI=1S/C11H16N4O4/c16-8(17)4-2-6-13-10(18)9-14-11(19-15-9)7-3-1-5-12-7/h7,12H,1-6H2,(H,13,18)(H,16,17). The molecule has 3 N–H and O–H groups in total. The lowest BCUT2D eigenvalue weighted by Gasteiger charge is -2.01. The summed E-state index contributed by atoms with van der Waals surface area (Å²) < 4.78 is 5.04. The summed E-state index contributed by atoms with van der Waals surface area (Å²) in [5.74, 6) is -0.922. The van der Waals surface area contributed by atoms with Crippen LogP contribution >= 0.6 is 0 Å². The van der Waals surface area contributed by atoms with E-state index >= 15 is 0 Å². The smallest absolute Gasteiger partial charge is 0.303 e. The molecule has 1 atom stereocenters. The highest BCUT2D eigenvalue weighted by atomic mass is 16.5. The third kappa shape index (κ3) is 3.75. The van der Waals surface area contributed by atoms with Crippen molar-refractivity contribution < 1.29 is 19.2 Å². The van der Waals surface area contributed by atoms with Crippen LogP contribution in [-0.2, 0) is 4.79 Å². The van der Waals surface area contributed by atoms with Crippen molar-refractivity contribution in [2.75, 3.05) is 13.1 Å². The SMILES string of the molecule is O=C(O)CCCNC(=O)c1noc(C2CCCN2)n1. The molecule has 0 saturated carbocycles. The van der Waals surface area contributed by atoms with Gasteiger partial charge in [-0.25, -0.2) is 0 Å². The van der Waals surface area contributed by atoms with E-state index in [-0.39, 0.29) is 24.8 Å². The fourth-order valence-corrected chi connectivity index (χ4v) is 1.88. The maximum atomic E-state index is 11.7. The van der Waals surface area contributed by atoms with Gasteiger partial charge in [0.25, 0.3) is 11.7 Å². The summed E-state index contributed by atoms with van der Waals surface area (Å²) >= 11 is 0. The average Bonchev–Trinajstić information content (AvgIpc) is 3.03. The highest BCUT2D eigenvalue weighted by Gasteiger charge is 2.24. The summed E-state index contributed by atoms with van der Waals surface area (Å²) in [7, 11) is 0. The van der Waals surface area contributed by atoms with Crippen molar-refractivity contribution in [1.29, 1.82) is 0 Å². The fourth-order valence-electron chi connectivity index (χ4n) is 1.88. The number of carboxylic acid groups (broad SMARTS) is 1. The summed E-state index contributed by atoms with van der Waals surface area (Å²) in [6.07, 6.45) is 2.35. The van der Waals surface area contributed by atoms with Crippen LogP contribution in [0.3, 0.4) is 0 Å². The van der Waals surface area contributed by atoms with E-state index in [0.29, 0.717) is 12.3 Å². The van der Waals surface area contributed by atoms with E-state index in [2.05, 4.69) is 20.8 Å². The van der Waals surface area contributed by atoms with Gasteiger partial charge < -0.3 is 20.3 Å². The lowest BCUT2D eigenvalue weighted by Crippen LogP contribution is -2.26. The molecule has 8 nitrogen and oxygen atoms in total. The molecule has 1 fully saturated rings. The fraction of sp³-hybridized carbons (Fsp3) is 0.636. The molecule has 1 unspecified atom stereocenters. The van der Waals surface area contributed by atoms with Gasteiger partial charge in [-0.15, -0.1) is 0 Å². The number of hydrogen-bond donors (Lipinski definition) is 3. The van der Waals surface area contributed by atoms with Crippen molar-refractivity contribution in [3.63, 3.8) is 0 Å². The molecule has 1 aliphatic heterocycles. The molecule has 1 aromatic rings. The molecular formula is C11H16N4O4. The maximum absolute atomic E-state index is 11.7. The molecule has 1 aliphatic rings. The molecule has 1 saturated heterocycles. The first-order valence-corrected chi connectivity index (χ1v) is 6.24. The number of carbonyl (C=O) groups is 2. The van der Waals surface area contributed by atoms with Crippen molar-refractivity contribution in [2.24, 2.45) is 0 Å². The molecule has 1 aromatic heterocycles. The van der Waals surface area contributed by atoms with E-state index < -0.39 is 11.9 Å². The highest BCUT2D eigenvalue weighted by Crippen LogP contribution is 2.20. The van der Waals surface area contributed by atoms with Gasteiger partial charge >= 0.3 is 5.97 Å². The van der Waals surface area contributed by atoms with Crippen LogP contribution in [0.2, 0.25) is 0 Å². The lowest BCUT2D eigenvalue weighted by molar-refractivity contribution is -0.137. The number of aliphatic carboxylic acids is 1. The quantitative estimate of drug-likeness (QED) is 0.626. The van der Waals surface area contributed by atoms with Crippen LogP contribution in [0.1, 0.15) is 48.2 Å². The molecule has 0 radical (unpaired) electrons. The number of hydrogen-bond acceptors (Lipinski definition) is 6. The summed E-state index contributed by atoms with van der Waals surface area (Å²) in [6.45, 7) is 1.18. The average molecular weight is 268 g/mol. The molecule has 0 spiro atoms. The second-order valence-corrected chi connectivity index (χ2v) is 4.36. The number of aromatic nitrogens is 2. The van der Waals surface area contributed by atoms with Crippen LogP contribution in [0.25, 0.3) is 0 Å². The summed E-state index contributed by atoms with van der Waals surface area (Å²) in [4.78, 5) is 26.0. The number of amides is 1. The van der Waals surface area contributed by atoms with Crippen molar-refractivity contribution in [3.05, 3.63) is 11.7 Å². The van der Waals surface area contributed by atoms with Gasteiger partial charge in [-0.05, 0) is 25.8 Å². The van der Waals surface area contributed by atoms with Crippen LogP contribution in [0.5, 0.6) is 0 Å². The Balaban J connectivity index is 1.80. The summed E-state index contributed by atoms with van der Waals surface area (Å²) in [6, 6.07) is 0.0288. The van der Waals surface area contributed by atoms with Gasteiger partial charge in [-0.1, -0.05) is 5.16 Å². The molecule has 1 amide bonds. The first kappa shape index (κ1) is 13.5. The van der Waals surface area contributed by atoms with Gasteiger partial charge in [0, 0.05) is 13.0 Å². The van der Waals surface area contributed by atoms with Gasteiger partial charge in [-0.2, -0.15) is 4.98 Å². The monoisotopic (exact) mass is 268 g/mol. The normalized spacial score (nSPS) is 18.4. The van der Waals surface area contributed by atoms with Crippen molar-refractivity contribution >= 4 is 11.9 Å². The Morgan fingerprint density at radius 3 is 3.05 bits per heavy atom. The molecule has 2 rings (SSSR count). The largest absolute Gasteiger partial charge is 0.481 e. The number of nitrogens with one attached hydrogen (secondary N) is 2. The highest BCUT2D eigenvalue weighted by molar-refractivity contribution is 5.90. The lowest BCUT2D eigenvalue weighted by atomic mass is 10.2. The zero-order chi connectivity index (χ0) is 13.7. The predicted molar refractivity (Wildman–Crippen MR) is 63.5 cm³/mol. The third-order valence-corrected chi connectivity index (χ3v) is 2.86. The molecule has 2 heterocycles. The van der Waals surface area contributed by atoms with Crippen molar-refractivity contribution in [3.8, 4) is 0 Å². The Morgan fingerprint density at radius 1 is 1.53 bits per heavy atom. The van der Waals surface area contributed by atoms with E-state index in [1.54, 1.807) is 0 Å². The van der Waals surface area contributed by atoms with Gasteiger partial charge in [0.2, 0.25) is 5.89 Å². The Kier molecular flexibility index (Phi) is 4.45. The van der Waals surface area contributed by atoms with Gasteiger partial charge in [0.05, 0.1) is 6.04 Å². The topological polar surface area (TPSA) is 117 Å². The van der Waals surface area contributed by atoms with E-state index in [4.69, 9.17) is 9.63 Å². The molecule has 8 heteroatoms. The second-order valence-electron chi connectivity index (χ2n) is 4.36. The Morgan fingerprint density at radius 2 is 2.37 bits per heavy atom. The molecule has 0 aromatic carbocycles. The molecule has 0 bridgehead atoms. The van der Waals surface area contributed by atoms with Crippen molar-refractivity contribution in [2.45, 2.75) is 31.7 Å². The Bertz CT molecular complexity index is 453. The predicted octanol–water partition coefficient (Wildman–Crippen LogP) is 0.0887.